The molecule has 1 aliphatic rings. The van der Waals surface area contributed by atoms with Crippen LogP contribution in [0.5, 0.6) is 17.2 Å². The lowest BCUT2D eigenvalue weighted by Gasteiger charge is -2.19. The maximum absolute atomic E-state index is 13.1. The molecule has 1 aliphatic heterocycles. The maximum Gasteiger partial charge on any atom is 0.262 e. The van der Waals surface area contributed by atoms with Crippen LogP contribution in [0.1, 0.15) is 21.5 Å². The molecule has 0 aliphatic carbocycles. The van der Waals surface area contributed by atoms with Gasteiger partial charge < -0.3 is 19.5 Å². The van der Waals surface area contributed by atoms with Crippen LogP contribution in [0.15, 0.2) is 65.6 Å². The van der Waals surface area contributed by atoms with Crippen molar-refractivity contribution < 1.29 is 27.4 Å². The zero-order valence-electron chi connectivity index (χ0n) is 18.3. The molecule has 0 unspecified atom stereocenters. The second kappa shape index (κ2) is 9.41. The van der Waals surface area contributed by atoms with Gasteiger partial charge in [0, 0.05) is 12.1 Å². The molecule has 33 heavy (non-hydrogen) atoms. The highest BCUT2D eigenvalue weighted by Crippen LogP contribution is 2.31. The number of hydrogen-bond acceptors (Lipinski definition) is 6. The number of benzene rings is 3. The highest BCUT2D eigenvalue weighted by Gasteiger charge is 2.21. The van der Waals surface area contributed by atoms with E-state index in [-0.39, 0.29) is 17.0 Å². The third-order valence-electron chi connectivity index (χ3n) is 5.15. The predicted octanol–water partition coefficient (Wildman–Crippen LogP) is 3.51. The molecule has 0 saturated heterocycles. The van der Waals surface area contributed by atoms with E-state index in [2.05, 4.69) is 10.0 Å². The third kappa shape index (κ3) is 5.04. The number of methoxy groups -OCH3 is 1. The van der Waals surface area contributed by atoms with E-state index in [1.807, 2.05) is 12.1 Å². The van der Waals surface area contributed by atoms with Crippen molar-refractivity contribution in [2.24, 2.45) is 0 Å². The van der Waals surface area contributed by atoms with Crippen LogP contribution in [0, 0.1) is 6.92 Å². The molecule has 2 N–H and O–H groups in total. The number of carbonyl (C=O) groups excluding carboxylic acids is 1. The number of nitrogens with one attached hydrogen (secondary N) is 2. The number of aryl methyl sites for hydroxylation is 1. The molecule has 4 rings (SSSR count). The van der Waals surface area contributed by atoms with E-state index in [0.29, 0.717) is 41.7 Å². The van der Waals surface area contributed by atoms with Gasteiger partial charge in [0.25, 0.3) is 15.9 Å². The molecule has 0 radical (unpaired) electrons. The number of carbonyl (C=O) groups is 1. The number of rotatable bonds is 7. The van der Waals surface area contributed by atoms with Gasteiger partial charge in [0.1, 0.15) is 19.0 Å². The Morgan fingerprint density at radius 3 is 2.55 bits per heavy atom. The number of hydrogen-bond donors (Lipinski definition) is 2. The van der Waals surface area contributed by atoms with E-state index >= 15 is 0 Å². The molecule has 3 aromatic rings. The molecule has 0 bridgehead atoms. The molecular weight excluding hydrogens is 444 g/mol. The molecule has 1 heterocycles. The molecule has 172 valence electrons. The van der Waals surface area contributed by atoms with Gasteiger partial charge in [-0.1, -0.05) is 24.3 Å². The van der Waals surface area contributed by atoms with E-state index in [1.165, 1.54) is 13.2 Å². The normalized spacial score (nSPS) is 12.7. The van der Waals surface area contributed by atoms with Crippen LogP contribution < -0.4 is 24.2 Å². The fourth-order valence-corrected chi connectivity index (χ4v) is 4.78. The minimum atomic E-state index is -3.95. The zero-order chi connectivity index (χ0) is 23.4. The Labute approximate surface area is 192 Å². The first-order valence-electron chi connectivity index (χ1n) is 10.3. The van der Waals surface area contributed by atoms with Gasteiger partial charge >= 0.3 is 0 Å². The van der Waals surface area contributed by atoms with Crippen molar-refractivity contribution in [1.29, 1.82) is 0 Å². The summed E-state index contributed by atoms with van der Waals surface area (Å²) in [6.45, 7) is 2.92. The maximum atomic E-state index is 13.1. The van der Waals surface area contributed by atoms with Crippen molar-refractivity contribution in [3.63, 3.8) is 0 Å². The minimum absolute atomic E-state index is 0.0142. The second-order valence-electron chi connectivity index (χ2n) is 7.45. The van der Waals surface area contributed by atoms with E-state index in [9.17, 15) is 13.2 Å². The van der Waals surface area contributed by atoms with Crippen molar-refractivity contribution in [2.45, 2.75) is 18.4 Å². The van der Waals surface area contributed by atoms with Crippen molar-refractivity contribution in [2.75, 3.05) is 25.0 Å². The van der Waals surface area contributed by atoms with Crippen molar-refractivity contribution >= 4 is 21.6 Å². The Morgan fingerprint density at radius 1 is 1.00 bits per heavy atom. The first kappa shape index (κ1) is 22.5. The summed E-state index contributed by atoms with van der Waals surface area (Å²) in [5.41, 5.74) is 1.90. The fourth-order valence-electron chi connectivity index (χ4n) is 3.44. The van der Waals surface area contributed by atoms with Gasteiger partial charge in [-0.2, -0.15) is 0 Å². The Balaban J connectivity index is 1.51. The van der Waals surface area contributed by atoms with Crippen LogP contribution >= 0.6 is 0 Å². The number of anilines is 1. The van der Waals surface area contributed by atoms with Crippen LogP contribution in [0.4, 0.5) is 5.69 Å². The molecule has 0 atom stereocenters. The molecule has 8 nitrogen and oxygen atoms in total. The van der Waals surface area contributed by atoms with E-state index in [0.717, 1.165) is 5.56 Å². The summed E-state index contributed by atoms with van der Waals surface area (Å²) < 4.78 is 44.9. The highest BCUT2D eigenvalue weighted by atomic mass is 32.2. The van der Waals surface area contributed by atoms with Gasteiger partial charge in [-0.3, -0.25) is 9.52 Å². The molecule has 0 spiro atoms. The van der Waals surface area contributed by atoms with Gasteiger partial charge in [0.15, 0.2) is 11.5 Å². The molecule has 1 amide bonds. The van der Waals surface area contributed by atoms with Crippen LogP contribution in [0.2, 0.25) is 0 Å². The molecule has 9 heteroatoms. The molecular formula is C24H24N2O6S. The van der Waals surface area contributed by atoms with Crippen LogP contribution in [-0.4, -0.2) is 34.6 Å². The van der Waals surface area contributed by atoms with Crippen LogP contribution in [-0.2, 0) is 16.6 Å². The fraction of sp³-hybridized carbons (Fsp3) is 0.208. The molecule has 0 aromatic heterocycles. The second-order valence-corrected chi connectivity index (χ2v) is 9.10. The molecule has 0 fully saturated rings. The summed E-state index contributed by atoms with van der Waals surface area (Å²) >= 11 is 0. The van der Waals surface area contributed by atoms with E-state index < -0.39 is 15.9 Å². The van der Waals surface area contributed by atoms with Gasteiger partial charge in [-0.25, -0.2) is 8.42 Å². The van der Waals surface area contributed by atoms with E-state index in [4.69, 9.17) is 14.2 Å². The number of para-hydroxylation sites is 2. The summed E-state index contributed by atoms with van der Waals surface area (Å²) in [6.07, 6.45) is 0. The smallest absolute Gasteiger partial charge is 0.262 e. The number of sulfonamides is 1. The largest absolute Gasteiger partial charge is 0.495 e. The standard InChI is InChI=1S/C24H24N2O6S/c1-16-7-9-18(14-23(16)33(28,29)26-19-5-3-4-6-20(19)30-2)24(27)25-15-17-8-10-21-22(13-17)32-12-11-31-21/h3-10,13-14,26H,11-12,15H2,1-2H3,(H,25,27). The Kier molecular flexibility index (Phi) is 6.41. The average Bonchev–Trinajstić information content (AvgIpc) is 2.82. The summed E-state index contributed by atoms with van der Waals surface area (Å²) in [5, 5.41) is 2.82. The Morgan fingerprint density at radius 2 is 1.76 bits per heavy atom. The topological polar surface area (TPSA) is 103 Å². The van der Waals surface area contributed by atoms with Crippen LogP contribution in [0.3, 0.4) is 0 Å². The van der Waals surface area contributed by atoms with Gasteiger partial charge in [-0.05, 0) is 54.4 Å². The van der Waals surface area contributed by atoms with Crippen molar-refractivity contribution in [3.8, 4) is 17.2 Å². The number of fused-ring (bicyclic) bond motifs is 1. The summed E-state index contributed by atoms with van der Waals surface area (Å²) in [5.74, 6) is 1.32. The van der Waals surface area contributed by atoms with Gasteiger partial charge in [0.05, 0.1) is 17.7 Å². The number of amides is 1. The highest BCUT2D eigenvalue weighted by molar-refractivity contribution is 7.92. The van der Waals surface area contributed by atoms with Gasteiger partial charge in [0.2, 0.25) is 0 Å². The number of ether oxygens (including phenoxy) is 3. The van der Waals surface area contributed by atoms with Crippen LogP contribution in [0.25, 0.3) is 0 Å². The quantitative estimate of drug-likeness (QED) is 0.550. The van der Waals surface area contributed by atoms with Crippen molar-refractivity contribution in [1.82, 2.24) is 5.32 Å². The Bertz CT molecular complexity index is 1290. The SMILES string of the molecule is COc1ccccc1NS(=O)(=O)c1cc(C(=O)NCc2ccc3c(c2)OCCO3)ccc1C. The molecule has 3 aromatic carbocycles. The summed E-state index contributed by atoms with van der Waals surface area (Å²) in [4.78, 5) is 12.8. The lowest BCUT2D eigenvalue weighted by Crippen LogP contribution is -2.24. The minimum Gasteiger partial charge on any atom is -0.495 e. The lowest BCUT2D eigenvalue weighted by atomic mass is 10.1. The third-order valence-corrected chi connectivity index (χ3v) is 6.66. The first-order chi connectivity index (χ1) is 15.9. The average molecular weight is 469 g/mol. The van der Waals surface area contributed by atoms with Crippen molar-refractivity contribution in [3.05, 3.63) is 77.4 Å². The van der Waals surface area contributed by atoms with Gasteiger partial charge in [-0.15, -0.1) is 0 Å². The monoisotopic (exact) mass is 468 g/mol. The molecule has 0 saturated carbocycles. The Hall–Kier alpha value is -3.72. The summed E-state index contributed by atoms with van der Waals surface area (Å²) in [6, 6.07) is 16.7. The zero-order valence-corrected chi connectivity index (χ0v) is 19.1. The lowest BCUT2D eigenvalue weighted by molar-refractivity contribution is 0.0950. The summed E-state index contributed by atoms with van der Waals surface area (Å²) in [7, 11) is -2.49. The predicted molar refractivity (Wildman–Crippen MR) is 124 cm³/mol. The first-order valence-corrected chi connectivity index (χ1v) is 11.8. The van der Waals surface area contributed by atoms with E-state index in [1.54, 1.807) is 49.4 Å².